The summed E-state index contributed by atoms with van der Waals surface area (Å²) in [6.07, 6.45) is 1.74. The molecule has 0 bridgehead atoms. The molecule has 0 radical (unpaired) electrons. The number of primary sulfonamides is 1. The van der Waals surface area contributed by atoms with Crippen LogP contribution in [0.5, 0.6) is 0 Å². The minimum atomic E-state index is -3.70. The molecule has 1 amide bonds. The molecule has 1 aliphatic heterocycles. The predicted octanol–water partition coefficient (Wildman–Crippen LogP) is 3.29. The number of aryl methyl sites for hydroxylation is 2. The number of nitrogens with two attached hydrogens (primary N) is 1. The highest BCUT2D eigenvalue weighted by atomic mass is 32.2. The first-order valence-corrected chi connectivity index (χ1v) is 11.7. The van der Waals surface area contributed by atoms with Crippen molar-refractivity contribution in [3.63, 3.8) is 0 Å². The van der Waals surface area contributed by atoms with E-state index in [1.54, 1.807) is 23.5 Å². The van der Waals surface area contributed by atoms with Crippen molar-refractivity contribution in [3.8, 4) is 11.3 Å². The first-order chi connectivity index (χ1) is 13.8. The lowest BCUT2D eigenvalue weighted by molar-refractivity contribution is -0.118. The largest absolute Gasteiger partial charge is 0.312 e. The molecule has 150 valence electrons. The molecule has 1 aromatic heterocycles. The molecule has 0 unspecified atom stereocenters. The summed E-state index contributed by atoms with van der Waals surface area (Å²) in [5, 5.41) is 8.20. The normalized spacial score (nSPS) is 13.5. The highest BCUT2D eigenvalue weighted by molar-refractivity contribution is 7.89. The summed E-state index contributed by atoms with van der Waals surface area (Å²) in [5.41, 5.74) is 5.09. The van der Waals surface area contributed by atoms with Crippen molar-refractivity contribution in [2.24, 2.45) is 5.14 Å². The molecular weight excluding hydrogens is 406 g/mol. The standard InChI is InChI=1S/C21H21N3O3S2/c1-14-23-19(13-28-14)16-5-8-20-17(12-16)10-11-24(20)21(25)9-4-15-2-6-18(7-3-15)29(22,26)27/h2-3,5-8,12-13H,4,9-11H2,1H3,(H2,22,26,27). The molecule has 2 heterocycles. The summed E-state index contributed by atoms with van der Waals surface area (Å²) < 4.78 is 22.7. The van der Waals surface area contributed by atoms with Crippen molar-refractivity contribution in [3.05, 3.63) is 64.0 Å². The van der Waals surface area contributed by atoms with Gasteiger partial charge in [0.2, 0.25) is 15.9 Å². The highest BCUT2D eigenvalue weighted by Gasteiger charge is 2.25. The Kier molecular flexibility index (Phi) is 5.24. The van der Waals surface area contributed by atoms with Gasteiger partial charge in [-0.2, -0.15) is 0 Å². The van der Waals surface area contributed by atoms with Crippen LogP contribution in [-0.2, 0) is 27.7 Å². The summed E-state index contributed by atoms with van der Waals surface area (Å²) in [6, 6.07) is 12.5. The van der Waals surface area contributed by atoms with Crippen molar-refractivity contribution in [2.75, 3.05) is 11.4 Å². The molecular formula is C21H21N3O3S2. The minimum absolute atomic E-state index is 0.0662. The van der Waals surface area contributed by atoms with Crippen LogP contribution in [0.2, 0.25) is 0 Å². The Morgan fingerprint density at radius 3 is 2.62 bits per heavy atom. The van der Waals surface area contributed by atoms with E-state index >= 15 is 0 Å². The Hall–Kier alpha value is -2.55. The summed E-state index contributed by atoms with van der Waals surface area (Å²) >= 11 is 1.63. The molecule has 0 atom stereocenters. The van der Waals surface area contributed by atoms with Gasteiger partial charge in [-0.1, -0.05) is 18.2 Å². The van der Waals surface area contributed by atoms with Crippen LogP contribution in [0.1, 0.15) is 22.6 Å². The van der Waals surface area contributed by atoms with Crippen LogP contribution in [0.25, 0.3) is 11.3 Å². The number of thiazole rings is 1. The van der Waals surface area contributed by atoms with Gasteiger partial charge in [0.25, 0.3) is 0 Å². The van der Waals surface area contributed by atoms with Crippen LogP contribution in [0, 0.1) is 6.92 Å². The van der Waals surface area contributed by atoms with Gasteiger partial charge in [-0.15, -0.1) is 11.3 Å². The quantitative estimate of drug-likeness (QED) is 0.676. The number of rotatable bonds is 5. The summed E-state index contributed by atoms with van der Waals surface area (Å²) in [5.74, 6) is 0.0662. The Morgan fingerprint density at radius 2 is 1.97 bits per heavy atom. The zero-order valence-electron chi connectivity index (χ0n) is 16.0. The van der Waals surface area contributed by atoms with Crippen molar-refractivity contribution in [1.82, 2.24) is 4.98 Å². The lowest BCUT2D eigenvalue weighted by Crippen LogP contribution is -2.29. The number of amides is 1. The van der Waals surface area contributed by atoms with Crippen LogP contribution in [0.4, 0.5) is 5.69 Å². The van der Waals surface area contributed by atoms with Crippen LogP contribution >= 0.6 is 11.3 Å². The Morgan fingerprint density at radius 1 is 1.21 bits per heavy atom. The molecule has 3 aromatic rings. The fourth-order valence-corrected chi connectivity index (χ4v) is 4.69. The summed E-state index contributed by atoms with van der Waals surface area (Å²) in [7, 11) is -3.70. The van der Waals surface area contributed by atoms with Gasteiger partial charge in [-0.3, -0.25) is 4.79 Å². The fourth-order valence-electron chi connectivity index (χ4n) is 3.55. The number of sulfonamides is 1. The van der Waals surface area contributed by atoms with E-state index in [1.807, 2.05) is 24.0 Å². The van der Waals surface area contributed by atoms with Gasteiger partial charge in [0.15, 0.2) is 0 Å². The number of fused-ring (bicyclic) bond motifs is 1. The predicted molar refractivity (Wildman–Crippen MR) is 114 cm³/mol. The second-order valence-electron chi connectivity index (χ2n) is 7.08. The summed E-state index contributed by atoms with van der Waals surface area (Å²) in [4.78, 5) is 19.2. The molecule has 6 nitrogen and oxygen atoms in total. The van der Waals surface area contributed by atoms with Gasteiger partial charge in [-0.05, 0) is 55.2 Å². The number of nitrogens with zero attached hydrogens (tertiary/aromatic N) is 2. The maximum atomic E-state index is 12.8. The van der Waals surface area contributed by atoms with Gasteiger partial charge in [-0.25, -0.2) is 18.5 Å². The molecule has 2 N–H and O–H groups in total. The van der Waals surface area contributed by atoms with E-state index in [0.29, 0.717) is 19.4 Å². The SMILES string of the molecule is Cc1nc(-c2ccc3c(c2)CCN3C(=O)CCc2ccc(S(N)(=O)=O)cc2)cs1. The topological polar surface area (TPSA) is 93.4 Å². The van der Waals surface area contributed by atoms with E-state index in [0.717, 1.165) is 33.9 Å². The third kappa shape index (κ3) is 4.24. The Balaban J connectivity index is 1.43. The van der Waals surface area contributed by atoms with E-state index in [-0.39, 0.29) is 10.8 Å². The first-order valence-electron chi connectivity index (χ1n) is 9.29. The maximum absolute atomic E-state index is 12.8. The number of anilines is 1. The van der Waals surface area contributed by atoms with Crippen LogP contribution in [0.15, 0.2) is 52.7 Å². The zero-order valence-corrected chi connectivity index (χ0v) is 17.6. The number of hydrogen-bond donors (Lipinski definition) is 1. The van der Waals surface area contributed by atoms with E-state index in [9.17, 15) is 13.2 Å². The number of aromatic nitrogens is 1. The second-order valence-corrected chi connectivity index (χ2v) is 9.70. The van der Waals surface area contributed by atoms with E-state index in [4.69, 9.17) is 5.14 Å². The fraction of sp³-hybridized carbons (Fsp3) is 0.238. The number of hydrogen-bond acceptors (Lipinski definition) is 5. The smallest absolute Gasteiger partial charge is 0.238 e. The number of benzene rings is 2. The van der Waals surface area contributed by atoms with Gasteiger partial charge in [0.05, 0.1) is 15.6 Å². The van der Waals surface area contributed by atoms with Crippen LogP contribution < -0.4 is 10.0 Å². The van der Waals surface area contributed by atoms with Crippen molar-refractivity contribution in [2.45, 2.75) is 31.1 Å². The lowest BCUT2D eigenvalue weighted by Gasteiger charge is -2.17. The average molecular weight is 428 g/mol. The third-order valence-corrected chi connectivity index (χ3v) is 6.77. The van der Waals surface area contributed by atoms with Crippen LogP contribution in [0.3, 0.4) is 0 Å². The maximum Gasteiger partial charge on any atom is 0.238 e. The highest BCUT2D eigenvalue weighted by Crippen LogP contribution is 2.33. The molecule has 0 aliphatic carbocycles. The monoisotopic (exact) mass is 427 g/mol. The average Bonchev–Trinajstić information content (AvgIpc) is 3.31. The van der Waals surface area contributed by atoms with Gasteiger partial charge in [0.1, 0.15) is 0 Å². The summed E-state index contributed by atoms with van der Waals surface area (Å²) in [6.45, 7) is 2.67. The zero-order chi connectivity index (χ0) is 20.6. The van der Waals surface area contributed by atoms with Gasteiger partial charge in [0, 0.05) is 29.6 Å². The first kappa shape index (κ1) is 19.8. The Bertz CT molecular complexity index is 1170. The molecule has 0 fully saturated rings. The third-order valence-electron chi connectivity index (χ3n) is 5.07. The molecule has 8 heteroatoms. The molecule has 0 spiro atoms. The van der Waals surface area contributed by atoms with Crippen LogP contribution in [-0.4, -0.2) is 25.9 Å². The van der Waals surface area contributed by atoms with E-state index < -0.39 is 10.0 Å². The lowest BCUT2D eigenvalue weighted by atomic mass is 10.1. The molecule has 1 aliphatic rings. The van der Waals surface area contributed by atoms with Crippen molar-refractivity contribution < 1.29 is 13.2 Å². The van der Waals surface area contributed by atoms with E-state index in [1.165, 1.54) is 17.7 Å². The second kappa shape index (κ2) is 7.70. The van der Waals surface area contributed by atoms with Crippen molar-refractivity contribution >= 4 is 33.0 Å². The Labute approximate surface area is 174 Å². The van der Waals surface area contributed by atoms with E-state index in [2.05, 4.69) is 16.4 Å². The number of carbonyl (C=O) groups is 1. The van der Waals surface area contributed by atoms with Gasteiger partial charge < -0.3 is 4.90 Å². The number of carbonyl (C=O) groups excluding carboxylic acids is 1. The van der Waals surface area contributed by atoms with Crippen molar-refractivity contribution in [1.29, 1.82) is 0 Å². The molecule has 4 rings (SSSR count). The molecule has 29 heavy (non-hydrogen) atoms. The van der Waals surface area contributed by atoms with Gasteiger partial charge >= 0.3 is 0 Å². The minimum Gasteiger partial charge on any atom is -0.312 e. The molecule has 0 saturated heterocycles. The molecule has 2 aromatic carbocycles. The molecule has 0 saturated carbocycles.